The predicted octanol–water partition coefficient (Wildman–Crippen LogP) is 2.86. The van der Waals surface area contributed by atoms with E-state index in [2.05, 4.69) is 20.8 Å². The molecule has 7 nitrogen and oxygen atoms in total. The molecule has 0 fully saturated rings. The standard InChI is InChI=1S/C17H14ClF2N5O2/c1-25-4-2-3-9(25)8-21-17(27)14-7-15(24-23-14)22-16(26)10-5-12(19)13(20)6-11(10)18/h2-7H,8H2,1H3,(H,21,27)(H2,22,23,24,26). The van der Waals surface area contributed by atoms with Gasteiger partial charge in [-0.2, -0.15) is 5.10 Å². The minimum atomic E-state index is -1.20. The van der Waals surface area contributed by atoms with Gasteiger partial charge >= 0.3 is 0 Å². The Balaban J connectivity index is 1.65. The number of hydrogen-bond donors (Lipinski definition) is 3. The van der Waals surface area contributed by atoms with E-state index in [0.29, 0.717) is 18.7 Å². The Hall–Kier alpha value is -3.20. The second-order valence-corrected chi connectivity index (χ2v) is 6.07. The molecule has 27 heavy (non-hydrogen) atoms. The number of amides is 2. The largest absolute Gasteiger partial charge is 0.353 e. The lowest BCUT2D eigenvalue weighted by atomic mass is 10.2. The summed E-state index contributed by atoms with van der Waals surface area (Å²) in [5, 5.41) is 11.1. The number of aromatic nitrogens is 3. The fourth-order valence-electron chi connectivity index (χ4n) is 2.33. The lowest BCUT2D eigenvalue weighted by Crippen LogP contribution is -2.24. The number of carbonyl (C=O) groups is 2. The number of benzene rings is 1. The smallest absolute Gasteiger partial charge is 0.272 e. The summed E-state index contributed by atoms with van der Waals surface area (Å²) in [6.07, 6.45) is 1.85. The van der Waals surface area contributed by atoms with Gasteiger partial charge < -0.3 is 15.2 Å². The maximum atomic E-state index is 13.3. The van der Waals surface area contributed by atoms with Gasteiger partial charge in [0.05, 0.1) is 17.1 Å². The Kier molecular flexibility index (Phi) is 5.22. The second-order valence-electron chi connectivity index (χ2n) is 5.66. The summed E-state index contributed by atoms with van der Waals surface area (Å²) in [6.45, 7) is 0.307. The van der Waals surface area contributed by atoms with Crippen LogP contribution in [0.4, 0.5) is 14.6 Å². The normalized spacial score (nSPS) is 10.7. The van der Waals surface area contributed by atoms with Crippen molar-refractivity contribution in [2.75, 3.05) is 5.32 Å². The van der Waals surface area contributed by atoms with Crippen LogP contribution in [0.3, 0.4) is 0 Å². The molecule has 0 radical (unpaired) electrons. The highest BCUT2D eigenvalue weighted by Gasteiger charge is 2.17. The lowest BCUT2D eigenvalue weighted by Gasteiger charge is -2.05. The van der Waals surface area contributed by atoms with Crippen LogP contribution in [0.5, 0.6) is 0 Å². The van der Waals surface area contributed by atoms with Crippen molar-refractivity contribution in [3.63, 3.8) is 0 Å². The molecule has 0 aliphatic carbocycles. The van der Waals surface area contributed by atoms with Crippen molar-refractivity contribution in [2.45, 2.75) is 6.54 Å². The highest BCUT2D eigenvalue weighted by Crippen LogP contribution is 2.21. The van der Waals surface area contributed by atoms with E-state index in [1.54, 1.807) is 0 Å². The van der Waals surface area contributed by atoms with Crippen molar-refractivity contribution >= 4 is 29.2 Å². The molecule has 0 saturated carbocycles. The van der Waals surface area contributed by atoms with Crippen molar-refractivity contribution in [1.82, 2.24) is 20.1 Å². The molecule has 0 aliphatic heterocycles. The average molecular weight is 394 g/mol. The monoisotopic (exact) mass is 393 g/mol. The quantitative estimate of drug-likeness (QED) is 0.582. The van der Waals surface area contributed by atoms with E-state index in [4.69, 9.17) is 11.6 Å². The molecule has 0 atom stereocenters. The number of anilines is 1. The Bertz CT molecular complexity index is 1010. The van der Waals surface area contributed by atoms with Crippen LogP contribution >= 0.6 is 11.6 Å². The minimum Gasteiger partial charge on any atom is -0.353 e. The fourth-order valence-corrected chi connectivity index (χ4v) is 2.57. The van der Waals surface area contributed by atoms with E-state index in [-0.39, 0.29) is 22.1 Å². The molecular formula is C17H14ClF2N5O2. The van der Waals surface area contributed by atoms with Crippen molar-refractivity contribution in [3.05, 3.63) is 70.1 Å². The Labute approximate surface area is 157 Å². The molecule has 0 aliphatic rings. The van der Waals surface area contributed by atoms with Gasteiger partial charge in [-0.05, 0) is 24.3 Å². The number of nitrogens with one attached hydrogen (secondary N) is 3. The first-order valence-electron chi connectivity index (χ1n) is 7.75. The van der Waals surface area contributed by atoms with Crippen LogP contribution in [-0.2, 0) is 13.6 Å². The summed E-state index contributed by atoms with van der Waals surface area (Å²) in [5.74, 6) is -3.48. The molecule has 140 valence electrons. The molecule has 0 bridgehead atoms. The zero-order chi connectivity index (χ0) is 19.6. The number of rotatable bonds is 5. The highest BCUT2D eigenvalue weighted by atomic mass is 35.5. The summed E-state index contributed by atoms with van der Waals surface area (Å²) < 4.78 is 28.3. The van der Waals surface area contributed by atoms with Crippen LogP contribution in [0.25, 0.3) is 0 Å². The van der Waals surface area contributed by atoms with Gasteiger partial charge in [-0.15, -0.1) is 0 Å². The molecule has 0 unspecified atom stereocenters. The second kappa shape index (κ2) is 7.58. The third-order valence-electron chi connectivity index (χ3n) is 3.79. The topological polar surface area (TPSA) is 91.8 Å². The van der Waals surface area contributed by atoms with Gasteiger partial charge in [-0.3, -0.25) is 14.7 Å². The zero-order valence-electron chi connectivity index (χ0n) is 14.0. The number of hydrogen-bond acceptors (Lipinski definition) is 3. The molecule has 3 aromatic rings. The Morgan fingerprint density at radius 2 is 1.96 bits per heavy atom. The molecule has 10 heteroatoms. The maximum absolute atomic E-state index is 13.3. The van der Waals surface area contributed by atoms with Crippen molar-refractivity contribution in [2.24, 2.45) is 7.05 Å². The van der Waals surface area contributed by atoms with Crippen molar-refractivity contribution in [3.8, 4) is 0 Å². The van der Waals surface area contributed by atoms with Crippen LogP contribution in [0.1, 0.15) is 26.5 Å². The summed E-state index contributed by atoms with van der Waals surface area (Å²) in [6, 6.07) is 6.43. The van der Waals surface area contributed by atoms with Crippen molar-refractivity contribution < 1.29 is 18.4 Å². The van der Waals surface area contributed by atoms with E-state index >= 15 is 0 Å². The molecular weight excluding hydrogens is 380 g/mol. The van der Waals surface area contributed by atoms with Crippen LogP contribution in [0, 0.1) is 11.6 Å². The van der Waals surface area contributed by atoms with E-state index in [0.717, 1.165) is 5.69 Å². The molecule has 3 N–H and O–H groups in total. The summed E-state index contributed by atoms with van der Waals surface area (Å²) >= 11 is 5.76. The number of H-pyrrole nitrogens is 1. The molecule has 2 heterocycles. The molecule has 2 aromatic heterocycles. The van der Waals surface area contributed by atoms with Crippen LogP contribution in [-0.4, -0.2) is 26.6 Å². The highest BCUT2D eigenvalue weighted by molar-refractivity contribution is 6.34. The van der Waals surface area contributed by atoms with Gasteiger partial charge in [0.2, 0.25) is 0 Å². The number of carbonyl (C=O) groups excluding carboxylic acids is 2. The third kappa shape index (κ3) is 4.14. The number of aryl methyl sites for hydroxylation is 1. The van der Waals surface area contributed by atoms with Crippen LogP contribution in [0.15, 0.2) is 36.5 Å². The summed E-state index contributed by atoms with van der Waals surface area (Å²) in [5.41, 5.74) is 0.705. The first-order valence-corrected chi connectivity index (χ1v) is 8.12. The van der Waals surface area contributed by atoms with Gasteiger partial charge in [-0.1, -0.05) is 11.6 Å². The molecule has 2 amide bonds. The van der Waals surface area contributed by atoms with Crippen LogP contribution < -0.4 is 10.6 Å². The first kappa shape index (κ1) is 18.6. The first-order chi connectivity index (χ1) is 12.8. The van der Waals surface area contributed by atoms with Gasteiger partial charge in [0.25, 0.3) is 11.8 Å². The Morgan fingerprint density at radius 1 is 1.22 bits per heavy atom. The van der Waals surface area contributed by atoms with E-state index in [1.807, 2.05) is 29.9 Å². The van der Waals surface area contributed by atoms with E-state index in [9.17, 15) is 18.4 Å². The maximum Gasteiger partial charge on any atom is 0.272 e. The van der Waals surface area contributed by atoms with E-state index in [1.165, 1.54) is 6.07 Å². The summed E-state index contributed by atoms with van der Waals surface area (Å²) in [4.78, 5) is 24.3. The predicted molar refractivity (Wildman–Crippen MR) is 94.5 cm³/mol. The Morgan fingerprint density at radius 3 is 2.67 bits per heavy atom. The molecule has 3 rings (SSSR count). The van der Waals surface area contributed by atoms with Crippen LogP contribution in [0.2, 0.25) is 5.02 Å². The minimum absolute atomic E-state index is 0.0518. The fraction of sp³-hybridized carbons (Fsp3) is 0.118. The van der Waals surface area contributed by atoms with E-state index < -0.39 is 23.4 Å². The number of halogens is 3. The third-order valence-corrected chi connectivity index (χ3v) is 4.11. The SMILES string of the molecule is Cn1cccc1CNC(=O)c1cc(NC(=O)c2cc(F)c(F)cc2Cl)[nH]n1. The van der Waals surface area contributed by atoms with Gasteiger partial charge in [0.1, 0.15) is 5.82 Å². The van der Waals surface area contributed by atoms with Crippen molar-refractivity contribution in [1.29, 1.82) is 0 Å². The average Bonchev–Trinajstić information content (AvgIpc) is 3.25. The number of aromatic amines is 1. The molecule has 1 aromatic carbocycles. The van der Waals surface area contributed by atoms with Gasteiger partial charge in [-0.25, -0.2) is 8.78 Å². The van der Waals surface area contributed by atoms with Gasteiger partial charge in [0, 0.05) is 25.0 Å². The number of nitrogens with zero attached hydrogens (tertiary/aromatic N) is 2. The molecule has 0 saturated heterocycles. The van der Waals surface area contributed by atoms with Gasteiger partial charge in [0.15, 0.2) is 17.3 Å². The lowest BCUT2D eigenvalue weighted by molar-refractivity contribution is 0.0944. The zero-order valence-corrected chi connectivity index (χ0v) is 14.8. The molecule has 0 spiro atoms. The summed E-state index contributed by atoms with van der Waals surface area (Å²) in [7, 11) is 1.85.